The molecular formula is C13H30N2. The molecular weight excluding hydrogens is 184 g/mol. The van der Waals surface area contributed by atoms with Crippen molar-refractivity contribution in [1.82, 2.24) is 10.0 Å². The lowest BCUT2D eigenvalue weighted by Gasteiger charge is -2.44. The molecule has 0 fully saturated rings. The molecule has 0 N–H and O–H groups in total. The van der Waals surface area contributed by atoms with Crippen molar-refractivity contribution >= 4 is 0 Å². The Morgan fingerprint density at radius 3 is 1.27 bits per heavy atom. The zero-order chi connectivity index (χ0) is 12.2. The van der Waals surface area contributed by atoms with Crippen molar-refractivity contribution in [3.63, 3.8) is 0 Å². The smallest absolute Gasteiger partial charge is 0.0192 e. The highest BCUT2D eigenvalue weighted by molar-refractivity contribution is 4.70. The Morgan fingerprint density at radius 2 is 1.07 bits per heavy atom. The van der Waals surface area contributed by atoms with Crippen LogP contribution in [0.5, 0.6) is 0 Å². The van der Waals surface area contributed by atoms with E-state index in [9.17, 15) is 0 Å². The Kier molecular flexibility index (Phi) is 6.46. The summed E-state index contributed by atoms with van der Waals surface area (Å²) < 4.78 is 0. The fourth-order valence-corrected chi connectivity index (χ4v) is 2.14. The van der Waals surface area contributed by atoms with Gasteiger partial charge in [-0.3, -0.25) is 0 Å². The molecule has 0 aliphatic carbocycles. The van der Waals surface area contributed by atoms with Crippen molar-refractivity contribution in [2.75, 3.05) is 6.54 Å². The van der Waals surface area contributed by atoms with E-state index in [0.29, 0.717) is 24.0 Å². The van der Waals surface area contributed by atoms with Gasteiger partial charge >= 0.3 is 0 Å². The van der Waals surface area contributed by atoms with E-state index in [1.54, 1.807) is 0 Å². The molecule has 0 spiro atoms. The summed E-state index contributed by atoms with van der Waals surface area (Å²) in [6.45, 7) is 19.4. The lowest BCUT2D eigenvalue weighted by molar-refractivity contribution is -0.103. The maximum atomic E-state index is 2.51. The van der Waals surface area contributed by atoms with Crippen LogP contribution >= 0.6 is 0 Å². The SMILES string of the molecule is CC(C)CN(C(C)C)N(C(C)C)C(C)C. The summed E-state index contributed by atoms with van der Waals surface area (Å²) in [4.78, 5) is 0. The predicted molar refractivity (Wildman–Crippen MR) is 68.8 cm³/mol. The first-order valence-corrected chi connectivity index (χ1v) is 6.32. The van der Waals surface area contributed by atoms with Gasteiger partial charge in [-0.05, 0) is 47.5 Å². The summed E-state index contributed by atoms with van der Waals surface area (Å²) in [7, 11) is 0. The maximum absolute atomic E-state index is 2.51. The first-order chi connectivity index (χ1) is 6.77. The summed E-state index contributed by atoms with van der Waals surface area (Å²) in [5.41, 5.74) is 0. The van der Waals surface area contributed by atoms with Crippen molar-refractivity contribution in [1.29, 1.82) is 0 Å². The number of hydrazine groups is 1. The van der Waals surface area contributed by atoms with Crippen LogP contribution < -0.4 is 0 Å². The number of hydrogen-bond acceptors (Lipinski definition) is 2. The van der Waals surface area contributed by atoms with Gasteiger partial charge in [0.25, 0.3) is 0 Å². The standard InChI is InChI=1S/C13H30N2/c1-10(2)9-14(11(3)4)15(12(5)6)13(7)8/h10-13H,9H2,1-8H3. The van der Waals surface area contributed by atoms with Crippen LogP contribution in [-0.2, 0) is 0 Å². The number of rotatable bonds is 6. The van der Waals surface area contributed by atoms with Gasteiger partial charge in [0.05, 0.1) is 0 Å². The molecule has 0 amide bonds. The normalized spacial score (nSPS) is 13.2. The van der Waals surface area contributed by atoms with E-state index in [-0.39, 0.29) is 0 Å². The molecule has 0 bridgehead atoms. The van der Waals surface area contributed by atoms with E-state index >= 15 is 0 Å². The van der Waals surface area contributed by atoms with Crippen LogP contribution in [0.25, 0.3) is 0 Å². The molecule has 0 aliphatic rings. The third-order valence-corrected chi connectivity index (χ3v) is 2.50. The molecule has 0 rings (SSSR count). The third-order valence-electron chi connectivity index (χ3n) is 2.50. The molecule has 2 heteroatoms. The van der Waals surface area contributed by atoms with E-state index < -0.39 is 0 Å². The average Bonchev–Trinajstić information content (AvgIpc) is 2.00. The van der Waals surface area contributed by atoms with Gasteiger partial charge < -0.3 is 0 Å². The molecule has 0 unspecified atom stereocenters. The minimum absolute atomic E-state index is 0.575. The first kappa shape index (κ1) is 14.9. The van der Waals surface area contributed by atoms with Gasteiger partial charge in [-0.2, -0.15) is 0 Å². The van der Waals surface area contributed by atoms with Crippen LogP contribution in [0, 0.1) is 5.92 Å². The van der Waals surface area contributed by atoms with Gasteiger partial charge in [-0.25, -0.2) is 10.0 Å². The quantitative estimate of drug-likeness (QED) is 0.625. The van der Waals surface area contributed by atoms with Gasteiger partial charge in [0.15, 0.2) is 0 Å². The summed E-state index contributed by atoms with van der Waals surface area (Å²) in [5.74, 6) is 0.715. The van der Waals surface area contributed by atoms with Crippen LogP contribution in [-0.4, -0.2) is 34.7 Å². The van der Waals surface area contributed by atoms with Crippen LogP contribution in [0.2, 0.25) is 0 Å². The zero-order valence-corrected chi connectivity index (χ0v) is 11.9. The average molecular weight is 214 g/mol. The molecule has 0 radical (unpaired) electrons. The summed E-state index contributed by atoms with van der Waals surface area (Å²) in [5, 5.41) is 5.02. The summed E-state index contributed by atoms with van der Waals surface area (Å²) in [6.07, 6.45) is 0. The molecule has 2 nitrogen and oxygen atoms in total. The second-order valence-corrected chi connectivity index (χ2v) is 5.68. The fourth-order valence-electron chi connectivity index (χ4n) is 2.14. The second-order valence-electron chi connectivity index (χ2n) is 5.68. The minimum Gasteiger partial charge on any atom is -0.239 e. The van der Waals surface area contributed by atoms with Crippen LogP contribution in [0.4, 0.5) is 0 Å². The topological polar surface area (TPSA) is 6.48 Å². The minimum atomic E-state index is 0.575. The molecule has 92 valence electrons. The second kappa shape index (κ2) is 6.49. The molecule has 0 heterocycles. The third kappa shape index (κ3) is 4.98. The van der Waals surface area contributed by atoms with Crippen molar-refractivity contribution in [2.24, 2.45) is 5.92 Å². The predicted octanol–water partition coefficient (Wildman–Crippen LogP) is 3.39. The zero-order valence-electron chi connectivity index (χ0n) is 11.9. The lowest BCUT2D eigenvalue weighted by Crippen LogP contribution is -2.54. The van der Waals surface area contributed by atoms with E-state index in [1.165, 1.54) is 0 Å². The number of nitrogens with zero attached hydrogens (tertiary/aromatic N) is 2. The van der Waals surface area contributed by atoms with Gasteiger partial charge in [0.2, 0.25) is 0 Å². The van der Waals surface area contributed by atoms with Gasteiger partial charge in [-0.15, -0.1) is 0 Å². The van der Waals surface area contributed by atoms with Crippen LogP contribution in [0.3, 0.4) is 0 Å². The van der Waals surface area contributed by atoms with E-state index in [1.807, 2.05) is 0 Å². The molecule has 0 aromatic heterocycles. The van der Waals surface area contributed by atoms with E-state index in [4.69, 9.17) is 0 Å². The van der Waals surface area contributed by atoms with Gasteiger partial charge in [0.1, 0.15) is 0 Å². The van der Waals surface area contributed by atoms with Crippen molar-refractivity contribution in [2.45, 2.75) is 73.5 Å². The molecule has 0 aromatic rings. The molecule has 15 heavy (non-hydrogen) atoms. The van der Waals surface area contributed by atoms with Crippen molar-refractivity contribution < 1.29 is 0 Å². The van der Waals surface area contributed by atoms with Gasteiger partial charge in [-0.1, -0.05) is 13.8 Å². The fraction of sp³-hybridized carbons (Fsp3) is 1.00. The Labute approximate surface area is 96.6 Å². The molecule has 0 atom stereocenters. The van der Waals surface area contributed by atoms with E-state index in [2.05, 4.69) is 65.4 Å². The Hall–Kier alpha value is -0.0800. The molecule has 0 saturated heterocycles. The number of hydrogen-bond donors (Lipinski definition) is 0. The van der Waals surface area contributed by atoms with Crippen molar-refractivity contribution in [3.05, 3.63) is 0 Å². The molecule has 0 saturated carbocycles. The van der Waals surface area contributed by atoms with Crippen molar-refractivity contribution in [3.8, 4) is 0 Å². The van der Waals surface area contributed by atoms with E-state index in [0.717, 1.165) is 6.54 Å². The molecule has 0 aromatic carbocycles. The highest BCUT2D eigenvalue weighted by Crippen LogP contribution is 2.15. The van der Waals surface area contributed by atoms with Crippen LogP contribution in [0.1, 0.15) is 55.4 Å². The summed E-state index contributed by atoms with van der Waals surface area (Å²) in [6, 6.07) is 1.73. The lowest BCUT2D eigenvalue weighted by atomic mass is 10.2. The Bertz CT molecular complexity index is 154. The largest absolute Gasteiger partial charge is 0.239 e. The van der Waals surface area contributed by atoms with Crippen LogP contribution in [0.15, 0.2) is 0 Å². The first-order valence-electron chi connectivity index (χ1n) is 6.32. The highest BCUT2D eigenvalue weighted by atomic mass is 15.6. The monoisotopic (exact) mass is 214 g/mol. The Balaban J connectivity index is 4.68. The summed E-state index contributed by atoms with van der Waals surface area (Å²) >= 11 is 0. The maximum Gasteiger partial charge on any atom is 0.0192 e. The Morgan fingerprint density at radius 1 is 0.667 bits per heavy atom. The molecule has 0 aliphatic heterocycles. The van der Waals surface area contributed by atoms with Gasteiger partial charge in [0, 0.05) is 24.7 Å². The highest BCUT2D eigenvalue weighted by Gasteiger charge is 2.24.